The summed E-state index contributed by atoms with van der Waals surface area (Å²) in [5.41, 5.74) is 3.24. The van der Waals surface area contributed by atoms with Gasteiger partial charge in [-0.25, -0.2) is 0 Å². The number of carbonyl (C=O) groups is 1. The highest BCUT2D eigenvalue weighted by atomic mass is 16.3. The van der Waals surface area contributed by atoms with E-state index in [1.54, 1.807) is 36.7 Å². The Kier molecular flexibility index (Phi) is 3.05. The Morgan fingerprint density at radius 1 is 1.13 bits per heavy atom. The topological polar surface area (TPSA) is 74.6 Å². The fraction of sp³-hybridized carbons (Fsp3) is 0.0556. The molecule has 1 aliphatic heterocycles. The van der Waals surface area contributed by atoms with Crippen molar-refractivity contribution in [2.24, 2.45) is 4.99 Å². The fourth-order valence-corrected chi connectivity index (χ4v) is 2.80. The van der Waals surface area contributed by atoms with Gasteiger partial charge in [-0.05, 0) is 42.5 Å². The predicted octanol–water partition coefficient (Wildman–Crippen LogP) is 3.38. The lowest BCUT2D eigenvalue weighted by molar-refractivity contribution is -0.115. The fourth-order valence-electron chi connectivity index (χ4n) is 2.80. The van der Waals surface area contributed by atoms with Crippen LogP contribution in [0.15, 0.2) is 59.7 Å². The normalized spacial score (nSPS) is 16.7. The summed E-state index contributed by atoms with van der Waals surface area (Å²) in [6.07, 6.45) is 3.37. The van der Waals surface area contributed by atoms with E-state index in [2.05, 4.69) is 15.3 Å². The third-order valence-corrected chi connectivity index (χ3v) is 3.90. The summed E-state index contributed by atoms with van der Waals surface area (Å²) in [6, 6.07) is 14.1. The lowest BCUT2D eigenvalue weighted by atomic mass is 9.97. The quantitative estimate of drug-likeness (QED) is 0.713. The van der Waals surface area contributed by atoms with Crippen molar-refractivity contribution >= 4 is 34.4 Å². The monoisotopic (exact) mass is 303 g/mol. The van der Waals surface area contributed by atoms with Crippen LogP contribution in [0.1, 0.15) is 11.5 Å². The first-order chi connectivity index (χ1) is 11.2. The molecule has 5 nitrogen and oxygen atoms in total. The smallest absolute Gasteiger partial charge is 0.237 e. The van der Waals surface area contributed by atoms with Crippen molar-refractivity contribution in [3.05, 3.63) is 60.3 Å². The average Bonchev–Trinajstić information content (AvgIpc) is 2.90. The molecule has 3 aromatic rings. The van der Waals surface area contributed by atoms with Crippen LogP contribution < -0.4 is 5.32 Å². The molecule has 2 N–H and O–H groups in total. The molecule has 112 valence electrons. The van der Waals surface area contributed by atoms with Gasteiger partial charge in [-0.2, -0.15) is 0 Å². The molecule has 1 amide bonds. The number of fused-ring (bicyclic) bond motifs is 3. The molecular weight excluding hydrogens is 290 g/mol. The molecule has 1 atom stereocenters. The number of rotatable bonds is 2. The number of aromatic nitrogens is 1. The van der Waals surface area contributed by atoms with E-state index >= 15 is 0 Å². The SMILES string of the molecule is O=C1Nc2ccc3ncccc3c2C1C=Nc1ccc(O)cc1. The first-order valence-corrected chi connectivity index (χ1v) is 7.24. The number of hydrogen-bond acceptors (Lipinski definition) is 4. The van der Waals surface area contributed by atoms with Crippen LogP contribution in [0, 0.1) is 0 Å². The molecule has 1 unspecified atom stereocenters. The predicted molar refractivity (Wildman–Crippen MR) is 89.4 cm³/mol. The van der Waals surface area contributed by atoms with E-state index in [4.69, 9.17) is 0 Å². The van der Waals surface area contributed by atoms with Crippen LogP contribution >= 0.6 is 0 Å². The molecule has 0 radical (unpaired) electrons. The zero-order chi connectivity index (χ0) is 15.8. The maximum absolute atomic E-state index is 12.3. The average molecular weight is 303 g/mol. The summed E-state index contributed by atoms with van der Waals surface area (Å²) < 4.78 is 0. The standard InChI is InChI=1S/C18H13N3O2/c22-12-5-3-11(4-6-12)20-10-14-17-13-2-1-9-19-15(13)7-8-16(17)21-18(14)23/h1-10,14,22H,(H,21,23). The summed E-state index contributed by atoms with van der Waals surface area (Å²) in [4.78, 5) is 21.0. The minimum absolute atomic E-state index is 0.0983. The number of hydrogen-bond donors (Lipinski definition) is 2. The molecular formula is C18H13N3O2. The second-order valence-electron chi connectivity index (χ2n) is 5.36. The van der Waals surface area contributed by atoms with Crippen LogP contribution in [-0.2, 0) is 4.79 Å². The lowest BCUT2D eigenvalue weighted by Gasteiger charge is -2.06. The number of amides is 1. The van der Waals surface area contributed by atoms with Crippen molar-refractivity contribution in [3.8, 4) is 5.75 Å². The summed E-state index contributed by atoms with van der Waals surface area (Å²) in [7, 11) is 0. The molecule has 2 aromatic carbocycles. The van der Waals surface area contributed by atoms with E-state index in [0.717, 1.165) is 22.2 Å². The van der Waals surface area contributed by atoms with Crippen LogP contribution in [0.4, 0.5) is 11.4 Å². The Labute approximate surface area is 132 Å². The van der Waals surface area contributed by atoms with Crippen molar-refractivity contribution in [1.82, 2.24) is 4.98 Å². The molecule has 23 heavy (non-hydrogen) atoms. The van der Waals surface area contributed by atoms with Gasteiger partial charge in [0.25, 0.3) is 0 Å². The maximum atomic E-state index is 12.3. The van der Waals surface area contributed by atoms with E-state index in [1.165, 1.54) is 0 Å². The van der Waals surface area contributed by atoms with E-state index in [1.807, 2.05) is 24.3 Å². The summed E-state index contributed by atoms with van der Waals surface area (Å²) in [5, 5.41) is 13.1. The number of phenolic OH excluding ortho intramolecular Hbond substituents is 1. The second kappa shape index (κ2) is 5.21. The number of anilines is 1. The van der Waals surface area contributed by atoms with Gasteiger partial charge in [0.15, 0.2) is 0 Å². The zero-order valence-corrected chi connectivity index (χ0v) is 12.1. The van der Waals surface area contributed by atoms with Crippen molar-refractivity contribution in [1.29, 1.82) is 0 Å². The van der Waals surface area contributed by atoms with Gasteiger partial charge in [0.2, 0.25) is 5.91 Å². The molecule has 0 saturated heterocycles. The molecule has 1 aliphatic rings. The van der Waals surface area contributed by atoms with E-state index < -0.39 is 5.92 Å². The van der Waals surface area contributed by atoms with Crippen LogP contribution in [0.2, 0.25) is 0 Å². The maximum Gasteiger partial charge on any atom is 0.237 e. The largest absolute Gasteiger partial charge is 0.508 e. The zero-order valence-electron chi connectivity index (χ0n) is 12.1. The lowest BCUT2D eigenvalue weighted by Crippen LogP contribution is -2.13. The number of pyridine rings is 1. The first kappa shape index (κ1) is 13.5. The van der Waals surface area contributed by atoms with E-state index in [-0.39, 0.29) is 11.7 Å². The Bertz CT molecular complexity index is 933. The molecule has 5 heteroatoms. The molecule has 0 saturated carbocycles. The van der Waals surface area contributed by atoms with Gasteiger partial charge in [-0.15, -0.1) is 0 Å². The third-order valence-electron chi connectivity index (χ3n) is 3.90. The molecule has 0 aliphatic carbocycles. The molecule has 4 rings (SSSR count). The van der Waals surface area contributed by atoms with Gasteiger partial charge < -0.3 is 10.4 Å². The Balaban J connectivity index is 1.78. The number of aromatic hydroxyl groups is 1. The van der Waals surface area contributed by atoms with Crippen LogP contribution in [0.25, 0.3) is 10.9 Å². The highest BCUT2D eigenvalue weighted by molar-refractivity contribution is 6.16. The van der Waals surface area contributed by atoms with Gasteiger partial charge in [0.1, 0.15) is 11.7 Å². The molecule has 1 aromatic heterocycles. The molecule has 2 heterocycles. The van der Waals surface area contributed by atoms with Gasteiger partial charge in [-0.3, -0.25) is 14.8 Å². The number of carbonyl (C=O) groups excluding carboxylic acids is 1. The molecule has 0 fully saturated rings. The van der Waals surface area contributed by atoms with Crippen LogP contribution in [-0.4, -0.2) is 22.2 Å². The van der Waals surface area contributed by atoms with Crippen LogP contribution in [0.5, 0.6) is 5.75 Å². The summed E-state index contributed by atoms with van der Waals surface area (Å²) >= 11 is 0. The highest BCUT2D eigenvalue weighted by Crippen LogP contribution is 2.37. The molecule has 0 bridgehead atoms. The van der Waals surface area contributed by atoms with E-state index in [9.17, 15) is 9.90 Å². The van der Waals surface area contributed by atoms with Crippen molar-refractivity contribution in [2.75, 3.05) is 5.32 Å². The minimum Gasteiger partial charge on any atom is -0.508 e. The van der Waals surface area contributed by atoms with E-state index in [0.29, 0.717) is 5.69 Å². The van der Waals surface area contributed by atoms with Crippen LogP contribution in [0.3, 0.4) is 0 Å². The number of benzene rings is 2. The number of nitrogens with zero attached hydrogens (tertiary/aromatic N) is 2. The van der Waals surface area contributed by atoms with Crippen molar-refractivity contribution in [2.45, 2.75) is 5.92 Å². The summed E-state index contributed by atoms with van der Waals surface area (Å²) in [5.74, 6) is -0.365. The van der Waals surface area contributed by atoms with Gasteiger partial charge in [0.05, 0.1) is 11.2 Å². The van der Waals surface area contributed by atoms with Gasteiger partial charge in [-0.1, -0.05) is 6.07 Å². The second-order valence-corrected chi connectivity index (χ2v) is 5.36. The van der Waals surface area contributed by atoms with Crippen molar-refractivity contribution in [3.63, 3.8) is 0 Å². The Morgan fingerprint density at radius 3 is 2.78 bits per heavy atom. The van der Waals surface area contributed by atoms with Gasteiger partial charge >= 0.3 is 0 Å². The Hall–Kier alpha value is -3.21. The molecule has 0 spiro atoms. The third kappa shape index (κ3) is 2.32. The van der Waals surface area contributed by atoms with Crippen molar-refractivity contribution < 1.29 is 9.90 Å². The number of nitrogens with one attached hydrogen (secondary N) is 1. The first-order valence-electron chi connectivity index (χ1n) is 7.24. The summed E-state index contributed by atoms with van der Waals surface area (Å²) in [6.45, 7) is 0. The Morgan fingerprint density at radius 2 is 1.96 bits per heavy atom. The van der Waals surface area contributed by atoms with Gasteiger partial charge in [0, 0.05) is 29.0 Å². The highest BCUT2D eigenvalue weighted by Gasteiger charge is 2.31. The number of aliphatic imine (C=N–C) groups is 1. The minimum atomic E-state index is -0.452. The number of phenols is 1.